The summed E-state index contributed by atoms with van der Waals surface area (Å²) in [5.74, 6) is -0.122. The second-order valence-corrected chi connectivity index (χ2v) is 5.99. The number of ether oxygens (including phenoxy) is 2. The third kappa shape index (κ3) is 5.21. The maximum absolute atomic E-state index is 11.8. The number of carbonyl (C=O) groups excluding carboxylic acids is 2. The lowest BCUT2D eigenvalue weighted by Crippen LogP contribution is -2.25. The van der Waals surface area contributed by atoms with Gasteiger partial charge in [-0.3, -0.25) is 4.79 Å². The van der Waals surface area contributed by atoms with Crippen LogP contribution in [0.5, 0.6) is 5.75 Å². The molecule has 0 spiro atoms. The van der Waals surface area contributed by atoms with Gasteiger partial charge in [0.05, 0.1) is 7.11 Å². The van der Waals surface area contributed by atoms with Gasteiger partial charge in [-0.15, -0.1) is 0 Å². The Bertz CT molecular complexity index is 802. The quantitative estimate of drug-likeness (QED) is 0.637. The largest absolute Gasteiger partial charge is 0.488 e. The molecule has 0 saturated carbocycles. The van der Waals surface area contributed by atoms with Crippen molar-refractivity contribution in [2.45, 2.75) is 27.4 Å². The first-order valence-corrected chi connectivity index (χ1v) is 8.26. The highest BCUT2D eigenvalue weighted by atomic mass is 16.5. The molecule has 2 aromatic rings. The van der Waals surface area contributed by atoms with E-state index in [9.17, 15) is 9.59 Å². The predicted molar refractivity (Wildman–Crippen MR) is 100 cm³/mol. The van der Waals surface area contributed by atoms with Crippen molar-refractivity contribution < 1.29 is 19.1 Å². The lowest BCUT2D eigenvalue weighted by molar-refractivity contribution is -0.137. The Labute approximate surface area is 153 Å². The number of esters is 1. The average Bonchev–Trinajstić information content (AvgIpc) is 2.60. The predicted octanol–water partition coefficient (Wildman–Crippen LogP) is 3.53. The summed E-state index contributed by atoms with van der Waals surface area (Å²) in [5.41, 5.74) is 3.85. The van der Waals surface area contributed by atoms with Crippen molar-refractivity contribution >= 4 is 18.0 Å². The van der Waals surface area contributed by atoms with Gasteiger partial charge < -0.3 is 14.8 Å². The standard InChI is InChI=1S/C21H23NO4/c1-14-10-18(12-19(21(24)25-4)22-16(3)23)11-15(2)20(14)26-13-17-8-6-5-7-9-17/h5-12H,13H2,1-4H3,(H,22,23). The van der Waals surface area contributed by atoms with Gasteiger partial charge in [-0.1, -0.05) is 30.3 Å². The summed E-state index contributed by atoms with van der Waals surface area (Å²) in [7, 11) is 1.27. The highest BCUT2D eigenvalue weighted by Gasteiger charge is 2.13. The third-order valence-corrected chi connectivity index (χ3v) is 3.74. The molecule has 5 nitrogen and oxygen atoms in total. The van der Waals surface area contributed by atoms with Crippen molar-refractivity contribution in [2.24, 2.45) is 0 Å². The number of aryl methyl sites for hydroxylation is 2. The Kier molecular flexibility index (Phi) is 6.55. The second kappa shape index (κ2) is 8.85. The van der Waals surface area contributed by atoms with Gasteiger partial charge in [0, 0.05) is 6.92 Å². The number of nitrogens with one attached hydrogen (secondary N) is 1. The minimum absolute atomic E-state index is 0.0942. The maximum Gasteiger partial charge on any atom is 0.354 e. The van der Waals surface area contributed by atoms with Crippen molar-refractivity contribution in [1.29, 1.82) is 0 Å². The SMILES string of the molecule is COC(=O)C(=Cc1cc(C)c(OCc2ccccc2)c(C)c1)NC(C)=O. The van der Waals surface area contributed by atoms with E-state index in [2.05, 4.69) is 5.32 Å². The van der Waals surface area contributed by atoms with Gasteiger partial charge in [-0.25, -0.2) is 4.79 Å². The van der Waals surface area contributed by atoms with E-state index in [4.69, 9.17) is 9.47 Å². The van der Waals surface area contributed by atoms with Crippen LogP contribution in [0.4, 0.5) is 0 Å². The van der Waals surface area contributed by atoms with Crippen LogP contribution in [0.15, 0.2) is 48.2 Å². The minimum Gasteiger partial charge on any atom is -0.488 e. The van der Waals surface area contributed by atoms with Gasteiger partial charge in [0.25, 0.3) is 0 Å². The van der Waals surface area contributed by atoms with Crippen LogP contribution in [0.3, 0.4) is 0 Å². The summed E-state index contributed by atoms with van der Waals surface area (Å²) >= 11 is 0. The molecule has 0 aromatic heterocycles. The number of hydrogen-bond acceptors (Lipinski definition) is 4. The Morgan fingerprint density at radius 2 is 1.69 bits per heavy atom. The third-order valence-electron chi connectivity index (χ3n) is 3.74. The van der Waals surface area contributed by atoms with E-state index in [-0.39, 0.29) is 11.6 Å². The molecule has 0 atom stereocenters. The van der Waals surface area contributed by atoms with E-state index in [0.717, 1.165) is 28.0 Å². The van der Waals surface area contributed by atoms with E-state index in [1.54, 1.807) is 6.08 Å². The monoisotopic (exact) mass is 353 g/mol. The van der Waals surface area contributed by atoms with Gasteiger partial charge in [-0.05, 0) is 54.3 Å². The van der Waals surface area contributed by atoms with Crippen LogP contribution in [-0.4, -0.2) is 19.0 Å². The molecule has 0 aliphatic carbocycles. The van der Waals surface area contributed by atoms with Gasteiger partial charge in [0.1, 0.15) is 18.1 Å². The molecule has 0 saturated heterocycles. The summed E-state index contributed by atoms with van der Waals surface area (Å²) in [5, 5.41) is 2.50. The number of rotatable bonds is 6. The molecule has 0 heterocycles. The van der Waals surface area contributed by atoms with E-state index < -0.39 is 5.97 Å². The smallest absolute Gasteiger partial charge is 0.354 e. The second-order valence-electron chi connectivity index (χ2n) is 5.99. The Morgan fingerprint density at radius 3 is 2.23 bits per heavy atom. The molecule has 0 unspecified atom stereocenters. The van der Waals surface area contributed by atoms with E-state index in [0.29, 0.717) is 6.61 Å². The van der Waals surface area contributed by atoms with E-state index in [1.807, 2.05) is 56.3 Å². The zero-order valence-electron chi connectivity index (χ0n) is 15.5. The first-order chi connectivity index (χ1) is 12.4. The molecule has 0 bridgehead atoms. The number of methoxy groups -OCH3 is 1. The molecular formula is C21H23NO4. The molecule has 1 amide bonds. The van der Waals surface area contributed by atoms with Crippen LogP contribution >= 0.6 is 0 Å². The number of hydrogen-bond donors (Lipinski definition) is 1. The molecule has 0 fully saturated rings. The van der Waals surface area contributed by atoms with Gasteiger partial charge in [0.15, 0.2) is 0 Å². The van der Waals surface area contributed by atoms with Crippen LogP contribution in [0.2, 0.25) is 0 Å². The average molecular weight is 353 g/mol. The molecule has 2 rings (SSSR count). The molecule has 1 N–H and O–H groups in total. The van der Waals surface area contributed by atoms with Gasteiger partial charge in [-0.2, -0.15) is 0 Å². The van der Waals surface area contributed by atoms with Crippen LogP contribution in [0.25, 0.3) is 6.08 Å². The Balaban J connectivity index is 2.25. The van der Waals surface area contributed by atoms with Crippen molar-refractivity contribution in [2.75, 3.05) is 7.11 Å². The molecule has 2 aromatic carbocycles. The summed E-state index contributed by atoms with van der Waals surface area (Å²) in [4.78, 5) is 23.1. The van der Waals surface area contributed by atoms with Crippen molar-refractivity contribution in [3.63, 3.8) is 0 Å². The lowest BCUT2D eigenvalue weighted by atomic mass is 10.0. The summed E-state index contributed by atoms with van der Waals surface area (Å²) in [6, 6.07) is 13.7. The van der Waals surface area contributed by atoms with Crippen molar-refractivity contribution in [3.8, 4) is 5.75 Å². The summed E-state index contributed by atoms with van der Waals surface area (Å²) < 4.78 is 10.7. The molecule has 5 heteroatoms. The first-order valence-electron chi connectivity index (χ1n) is 8.26. The highest BCUT2D eigenvalue weighted by Crippen LogP contribution is 2.26. The highest BCUT2D eigenvalue weighted by molar-refractivity contribution is 5.97. The molecule has 26 heavy (non-hydrogen) atoms. The molecule has 0 radical (unpaired) electrons. The summed E-state index contributed by atoms with van der Waals surface area (Å²) in [6.07, 6.45) is 1.59. The zero-order valence-corrected chi connectivity index (χ0v) is 15.5. The van der Waals surface area contributed by atoms with E-state index in [1.165, 1.54) is 14.0 Å². The van der Waals surface area contributed by atoms with E-state index >= 15 is 0 Å². The van der Waals surface area contributed by atoms with Crippen molar-refractivity contribution in [1.82, 2.24) is 5.32 Å². The first kappa shape index (κ1) is 19.2. The van der Waals surface area contributed by atoms with Crippen LogP contribution < -0.4 is 10.1 Å². The molecule has 0 aliphatic rings. The Hall–Kier alpha value is -3.08. The van der Waals surface area contributed by atoms with Crippen molar-refractivity contribution in [3.05, 3.63) is 70.4 Å². The van der Waals surface area contributed by atoms with Gasteiger partial charge >= 0.3 is 5.97 Å². The van der Waals surface area contributed by atoms with Crippen LogP contribution in [0.1, 0.15) is 29.2 Å². The molecule has 136 valence electrons. The lowest BCUT2D eigenvalue weighted by Gasteiger charge is -2.14. The maximum atomic E-state index is 11.8. The van der Waals surface area contributed by atoms with Crippen LogP contribution in [-0.2, 0) is 20.9 Å². The normalized spacial score (nSPS) is 11.0. The number of amides is 1. The molecular weight excluding hydrogens is 330 g/mol. The fourth-order valence-electron chi connectivity index (χ4n) is 2.64. The number of benzene rings is 2. The fourth-order valence-corrected chi connectivity index (χ4v) is 2.64. The number of carbonyl (C=O) groups is 2. The molecule has 0 aliphatic heterocycles. The zero-order chi connectivity index (χ0) is 19.1. The summed E-state index contributed by atoms with van der Waals surface area (Å²) in [6.45, 7) is 5.71. The fraction of sp³-hybridized carbons (Fsp3) is 0.238. The van der Waals surface area contributed by atoms with Gasteiger partial charge in [0.2, 0.25) is 5.91 Å². The Morgan fingerprint density at radius 1 is 1.08 bits per heavy atom. The topological polar surface area (TPSA) is 64.6 Å². The van der Waals surface area contributed by atoms with Crippen LogP contribution in [0, 0.1) is 13.8 Å². The minimum atomic E-state index is -0.597.